The minimum absolute atomic E-state index is 0.0880. The molecule has 1 N–H and O–H groups in total. The summed E-state index contributed by atoms with van der Waals surface area (Å²) in [6.07, 6.45) is 2.01. The van der Waals surface area contributed by atoms with Crippen LogP contribution in [0.4, 0.5) is 0 Å². The van der Waals surface area contributed by atoms with E-state index in [9.17, 15) is 4.79 Å². The van der Waals surface area contributed by atoms with E-state index in [1.165, 1.54) is 0 Å². The van der Waals surface area contributed by atoms with E-state index < -0.39 is 0 Å². The van der Waals surface area contributed by atoms with Gasteiger partial charge in [0.05, 0.1) is 11.7 Å². The predicted molar refractivity (Wildman–Crippen MR) is 72.3 cm³/mol. The third kappa shape index (κ3) is 3.57. The summed E-state index contributed by atoms with van der Waals surface area (Å²) < 4.78 is 1.82. The Morgan fingerprint density at radius 1 is 1.44 bits per heavy atom. The molecule has 0 bridgehead atoms. The maximum Gasteiger partial charge on any atom is 0.238 e. The van der Waals surface area contributed by atoms with Gasteiger partial charge in [-0.1, -0.05) is 13.8 Å². The number of likely N-dealkylation sites (N-methyl/N-ethyl adjacent to an activating group) is 1. The molecule has 1 heterocycles. The Bertz CT molecular complexity index is 409. The molecule has 18 heavy (non-hydrogen) atoms. The van der Waals surface area contributed by atoms with Crippen molar-refractivity contribution in [1.82, 2.24) is 20.0 Å². The molecular formula is C13H24N4O. The molecule has 1 unspecified atom stereocenters. The van der Waals surface area contributed by atoms with Crippen molar-refractivity contribution >= 4 is 5.91 Å². The number of aromatic nitrogens is 2. The Hall–Kier alpha value is -1.36. The zero-order chi connectivity index (χ0) is 13.9. The van der Waals surface area contributed by atoms with Gasteiger partial charge < -0.3 is 10.2 Å². The van der Waals surface area contributed by atoms with E-state index in [1.807, 2.05) is 24.9 Å². The fourth-order valence-corrected chi connectivity index (χ4v) is 1.91. The van der Waals surface area contributed by atoms with Crippen LogP contribution in [0.5, 0.6) is 0 Å². The summed E-state index contributed by atoms with van der Waals surface area (Å²) >= 11 is 0. The molecule has 1 aromatic rings. The van der Waals surface area contributed by atoms with Gasteiger partial charge in [-0.15, -0.1) is 0 Å². The summed E-state index contributed by atoms with van der Waals surface area (Å²) in [5, 5.41) is 7.69. The molecule has 1 amide bonds. The van der Waals surface area contributed by atoms with E-state index in [-0.39, 0.29) is 11.9 Å². The van der Waals surface area contributed by atoms with Crippen molar-refractivity contribution in [2.75, 3.05) is 14.1 Å². The molecule has 102 valence electrons. The lowest BCUT2D eigenvalue weighted by molar-refractivity contribution is -0.130. The summed E-state index contributed by atoms with van der Waals surface area (Å²) in [5.74, 6) is 0.479. The third-order valence-corrected chi connectivity index (χ3v) is 2.89. The van der Waals surface area contributed by atoms with Gasteiger partial charge in [-0.05, 0) is 12.8 Å². The van der Waals surface area contributed by atoms with Crippen molar-refractivity contribution in [1.29, 1.82) is 0 Å². The number of aryl methyl sites for hydroxylation is 1. The first-order valence-corrected chi connectivity index (χ1v) is 6.30. The van der Waals surface area contributed by atoms with Crippen molar-refractivity contribution in [3.63, 3.8) is 0 Å². The second-order valence-corrected chi connectivity index (χ2v) is 5.20. The van der Waals surface area contributed by atoms with Crippen molar-refractivity contribution in [2.45, 2.75) is 39.3 Å². The van der Waals surface area contributed by atoms with Gasteiger partial charge in [-0.3, -0.25) is 9.48 Å². The molecule has 1 aromatic heterocycles. The number of rotatable bonds is 5. The molecule has 0 aliphatic heterocycles. The number of nitrogens with zero attached hydrogens (tertiary/aromatic N) is 3. The summed E-state index contributed by atoms with van der Waals surface area (Å²) in [4.78, 5) is 13.3. The van der Waals surface area contributed by atoms with Crippen LogP contribution >= 0.6 is 0 Å². The van der Waals surface area contributed by atoms with E-state index in [2.05, 4.69) is 24.3 Å². The minimum Gasteiger partial charge on any atom is -0.347 e. The zero-order valence-corrected chi connectivity index (χ0v) is 12.2. The van der Waals surface area contributed by atoms with Crippen LogP contribution in [0.1, 0.15) is 37.9 Å². The van der Waals surface area contributed by atoms with Crippen LogP contribution in [0.3, 0.4) is 0 Å². The molecule has 0 aliphatic rings. The number of hydrogen-bond donors (Lipinski definition) is 1. The topological polar surface area (TPSA) is 50.2 Å². The van der Waals surface area contributed by atoms with Gasteiger partial charge in [0, 0.05) is 39.4 Å². The SMILES string of the molecule is CC(NCc1cn(C)nc1C(C)C)C(=O)N(C)C. The number of hydrogen-bond acceptors (Lipinski definition) is 3. The number of nitrogens with one attached hydrogen (secondary N) is 1. The molecule has 0 aromatic carbocycles. The van der Waals surface area contributed by atoms with E-state index in [4.69, 9.17) is 0 Å². The Morgan fingerprint density at radius 2 is 2.06 bits per heavy atom. The highest BCUT2D eigenvalue weighted by atomic mass is 16.2. The minimum atomic E-state index is -0.180. The zero-order valence-electron chi connectivity index (χ0n) is 12.2. The second-order valence-electron chi connectivity index (χ2n) is 5.20. The van der Waals surface area contributed by atoms with Crippen LogP contribution in [0, 0.1) is 0 Å². The molecule has 0 fully saturated rings. The van der Waals surface area contributed by atoms with Crippen molar-refractivity contribution in [3.05, 3.63) is 17.5 Å². The van der Waals surface area contributed by atoms with Crippen LogP contribution in [-0.4, -0.2) is 40.7 Å². The Balaban J connectivity index is 2.66. The number of carbonyl (C=O) groups excluding carboxylic acids is 1. The van der Waals surface area contributed by atoms with Gasteiger partial charge in [0.2, 0.25) is 5.91 Å². The van der Waals surface area contributed by atoms with Crippen molar-refractivity contribution in [3.8, 4) is 0 Å². The first-order chi connectivity index (χ1) is 8.32. The highest BCUT2D eigenvalue weighted by molar-refractivity contribution is 5.80. The molecule has 0 saturated heterocycles. The summed E-state index contributed by atoms with van der Waals surface area (Å²) in [6, 6.07) is -0.180. The smallest absolute Gasteiger partial charge is 0.238 e. The van der Waals surface area contributed by atoms with Gasteiger partial charge in [0.25, 0.3) is 0 Å². The van der Waals surface area contributed by atoms with Crippen LogP contribution in [0.15, 0.2) is 6.20 Å². The quantitative estimate of drug-likeness (QED) is 0.854. The summed E-state index contributed by atoms with van der Waals surface area (Å²) in [6.45, 7) is 6.80. The lowest BCUT2D eigenvalue weighted by atomic mass is 10.1. The lowest BCUT2D eigenvalue weighted by Crippen LogP contribution is -2.41. The van der Waals surface area contributed by atoms with E-state index >= 15 is 0 Å². The van der Waals surface area contributed by atoms with Gasteiger partial charge in [0.1, 0.15) is 0 Å². The predicted octanol–water partition coefficient (Wildman–Crippen LogP) is 1.11. The summed E-state index contributed by atoms with van der Waals surface area (Å²) in [7, 11) is 5.46. The lowest BCUT2D eigenvalue weighted by Gasteiger charge is -2.18. The number of amides is 1. The molecule has 1 atom stereocenters. The average Bonchev–Trinajstić information content (AvgIpc) is 2.66. The first kappa shape index (κ1) is 14.7. The first-order valence-electron chi connectivity index (χ1n) is 6.30. The van der Waals surface area contributed by atoms with Crippen LogP contribution in [0.2, 0.25) is 0 Å². The molecule has 0 spiro atoms. The van der Waals surface area contributed by atoms with E-state index in [0.29, 0.717) is 12.5 Å². The van der Waals surface area contributed by atoms with Crippen molar-refractivity contribution < 1.29 is 4.79 Å². The fraction of sp³-hybridized carbons (Fsp3) is 0.692. The van der Waals surface area contributed by atoms with Crippen molar-refractivity contribution in [2.24, 2.45) is 7.05 Å². The van der Waals surface area contributed by atoms with E-state index in [0.717, 1.165) is 11.3 Å². The van der Waals surface area contributed by atoms with Gasteiger partial charge >= 0.3 is 0 Å². The molecule has 0 saturated carbocycles. The third-order valence-electron chi connectivity index (χ3n) is 2.89. The van der Waals surface area contributed by atoms with Crippen LogP contribution in [-0.2, 0) is 18.4 Å². The maximum absolute atomic E-state index is 11.7. The van der Waals surface area contributed by atoms with E-state index in [1.54, 1.807) is 19.0 Å². The second kappa shape index (κ2) is 6.00. The van der Waals surface area contributed by atoms with Crippen LogP contribution in [0.25, 0.3) is 0 Å². The average molecular weight is 252 g/mol. The van der Waals surface area contributed by atoms with Gasteiger partial charge in [-0.2, -0.15) is 5.10 Å². The summed E-state index contributed by atoms with van der Waals surface area (Å²) in [5.41, 5.74) is 2.25. The van der Waals surface area contributed by atoms with Gasteiger partial charge in [0.15, 0.2) is 0 Å². The molecule has 0 radical (unpaired) electrons. The number of carbonyl (C=O) groups is 1. The monoisotopic (exact) mass is 252 g/mol. The highest BCUT2D eigenvalue weighted by Crippen LogP contribution is 2.17. The largest absolute Gasteiger partial charge is 0.347 e. The normalized spacial score (nSPS) is 12.8. The van der Waals surface area contributed by atoms with Gasteiger partial charge in [-0.25, -0.2) is 0 Å². The van der Waals surface area contributed by atoms with Crippen LogP contribution < -0.4 is 5.32 Å². The Labute approximate surface area is 109 Å². The molecular weight excluding hydrogens is 228 g/mol. The standard InChI is InChI=1S/C13H24N4O/c1-9(2)12-11(8-17(6)15-12)7-14-10(3)13(18)16(4)5/h8-10,14H,7H2,1-6H3. The molecule has 5 heteroatoms. The highest BCUT2D eigenvalue weighted by Gasteiger charge is 2.16. The molecule has 1 rings (SSSR count). The molecule has 0 aliphatic carbocycles. The fourth-order valence-electron chi connectivity index (χ4n) is 1.91. The Morgan fingerprint density at radius 3 is 2.56 bits per heavy atom. The Kier molecular flexibility index (Phi) is 4.90. The molecule has 5 nitrogen and oxygen atoms in total. The maximum atomic E-state index is 11.7.